The van der Waals surface area contributed by atoms with Crippen molar-refractivity contribution in [2.24, 2.45) is 11.7 Å². The number of carbonyl (C=O) groups is 1. The predicted molar refractivity (Wildman–Crippen MR) is 81.9 cm³/mol. The van der Waals surface area contributed by atoms with Gasteiger partial charge in [-0.05, 0) is 25.3 Å². The summed E-state index contributed by atoms with van der Waals surface area (Å²) in [5.74, 6) is 0.222. The van der Waals surface area contributed by atoms with Crippen LogP contribution in [0.25, 0.3) is 0 Å². The molecule has 0 aliphatic carbocycles. The Morgan fingerprint density at radius 3 is 2.75 bits per heavy atom. The van der Waals surface area contributed by atoms with Crippen LogP contribution in [-0.2, 0) is 9.53 Å². The topological polar surface area (TPSA) is 64.3 Å². The number of rotatable bonds is 4. The lowest BCUT2D eigenvalue weighted by molar-refractivity contribution is -0.120. The van der Waals surface area contributed by atoms with Crippen molar-refractivity contribution in [1.29, 1.82) is 0 Å². The highest BCUT2D eigenvalue weighted by Gasteiger charge is 2.27. The van der Waals surface area contributed by atoms with Crippen molar-refractivity contribution in [3.63, 3.8) is 0 Å². The molecule has 0 aromatic heterocycles. The Labute approximate surface area is 126 Å². The van der Waals surface area contributed by atoms with Crippen molar-refractivity contribution >= 4 is 18.3 Å². The maximum atomic E-state index is 11.3. The zero-order valence-corrected chi connectivity index (χ0v) is 12.6. The number of nitrogens with one attached hydrogen (secondary N) is 1. The van der Waals surface area contributed by atoms with Gasteiger partial charge >= 0.3 is 0 Å². The number of amides is 1. The first-order valence-electron chi connectivity index (χ1n) is 6.85. The molecular weight excluding hydrogens is 276 g/mol. The zero-order chi connectivity index (χ0) is 13.7. The lowest BCUT2D eigenvalue weighted by atomic mass is 9.89. The zero-order valence-electron chi connectivity index (χ0n) is 11.8. The van der Waals surface area contributed by atoms with Crippen LogP contribution in [0.2, 0.25) is 0 Å². The molecule has 0 radical (unpaired) electrons. The van der Waals surface area contributed by atoms with E-state index in [1.54, 1.807) is 0 Å². The van der Waals surface area contributed by atoms with Crippen molar-refractivity contribution < 1.29 is 9.53 Å². The maximum absolute atomic E-state index is 11.3. The second kappa shape index (κ2) is 8.25. The second-order valence-corrected chi connectivity index (χ2v) is 5.11. The first-order valence-corrected chi connectivity index (χ1v) is 6.85. The molecule has 0 bridgehead atoms. The summed E-state index contributed by atoms with van der Waals surface area (Å²) in [6, 6.07) is 8.43. The first-order chi connectivity index (χ1) is 9.20. The van der Waals surface area contributed by atoms with Gasteiger partial charge in [0.2, 0.25) is 5.91 Å². The van der Waals surface area contributed by atoms with Gasteiger partial charge in [-0.1, -0.05) is 29.8 Å². The van der Waals surface area contributed by atoms with E-state index in [0.717, 1.165) is 19.4 Å². The quantitative estimate of drug-likeness (QED) is 0.893. The molecule has 5 heteroatoms. The van der Waals surface area contributed by atoms with Gasteiger partial charge < -0.3 is 15.8 Å². The van der Waals surface area contributed by atoms with E-state index in [4.69, 9.17) is 10.5 Å². The molecule has 1 amide bonds. The SMILES string of the molecule is Cc1ccc(C2OCCCC2CNC(=O)CN)cc1.Cl. The van der Waals surface area contributed by atoms with E-state index in [-0.39, 0.29) is 31.0 Å². The number of ether oxygens (including phenoxy) is 1. The number of nitrogens with two attached hydrogens (primary N) is 1. The molecule has 4 nitrogen and oxygen atoms in total. The average Bonchev–Trinajstić information content (AvgIpc) is 2.46. The van der Waals surface area contributed by atoms with Gasteiger partial charge in [0.25, 0.3) is 0 Å². The summed E-state index contributed by atoms with van der Waals surface area (Å²) in [6.45, 7) is 3.54. The van der Waals surface area contributed by atoms with Crippen LogP contribution in [0.1, 0.15) is 30.1 Å². The molecule has 1 fully saturated rings. The minimum absolute atomic E-state index is 0. The highest BCUT2D eigenvalue weighted by Crippen LogP contribution is 2.33. The van der Waals surface area contributed by atoms with E-state index in [0.29, 0.717) is 12.5 Å². The molecule has 1 saturated heterocycles. The van der Waals surface area contributed by atoms with Crippen LogP contribution in [0.5, 0.6) is 0 Å². The molecule has 1 heterocycles. The van der Waals surface area contributed by atoms with Crippen molar-refractivity contribution in [2.45, 2.75) is 25.9 Å². The van der Waals surface area contributed by atoms with E-state index in [2.05, 4.69) is 36.5 Å². The molecule has 112 valence electrons. The van der Waals surface area contributed by atoms with Gasteiger partial charge in [-0.2, -0.15) is 0 Å². The van der Waals surface area contributed by atoms with E-state index >= 15 is 0 Å². The molecule has 0 saturated carbocycles. The Balaban J connectivity index is 0.00000200. The lowest BCUT2D eigenvalue weighted by Gasteiger charge is -2.32. The van der Waals surface area contributed by atoms with Gasteiger partial charge in [0, 0.05) is 19.1 Å². The molecule has 2 atom stereocenters. The molecule has 2 unspecified atom stereocenters. The van der Waals surface area contributed by atoms with E-state index < -0.39 is 0 Å². The summed E-state index contributed by atoms with van der Waals surface area (Å²) < 4.78 is 5.90. The van der Waals surface area contributed by atoms with Crippen molar-refractivity contribution in [2.75, 3.05) is 19.7 Å². The van der Waals surface area contributed by atoms with Crippen molar-refractivity contribution in [3.8, 4) is 0 Å². The number of hydrogen-bond acceptors (Lipinski definition) is 3. The van der Waals surface area contributed by atoms with Crippen LogP contribution >= 0.6 is 12.4 Å². The molecule has 3 N–H and O–H groups in total. The highest BCUT2D eigenvalue weighted by atomic mass is 35.5. The minimum atomic E-state index is -0.103. The third-order valence-electron chi connectivity index (χ3n) is 3.60. The summed E-state index contributed by atoms with van der Waals surface area (Å²) in [6.07, 6.45) is 2.20. The summed E-state index contributed by atoms with van der Waals surface area (Å²) in [4.78, 5) is 11.3. The summed E-state index contributed by atoms with van der Waals surface area (Å²) in [5, 5.41) is 2.87. The normalized spacial score (nSPS) is 21.9. The third kappa shape index (κ3) is 4.47. The molecule has 0 spiro atoms. The fourth-order valence-electron chi connectivity index (χ4n) is 2.49. The van der Waals surface area contributed by atoms with Gasteiger partial charge in [-0.3, -0.25) is 4.79 Å². The maximum Gasteiger partial charge on any atom is 0.233 e. The van der Waals surface area contributed by atoms with E-state index in [1.165, 1.54) is 11.1 Å². The third-order valence-corrected chi connectivity index (χ3v) is 3.60. The van der Waals surface area contributed by atoms with E-state index in [9.17, 15) is 4.79 Å². The summed E-state index contributed by atoms with van der Waals surface area (Å²) >= 11 is 0. The van der Waals surface area contributed by atoms with Gasteiger partial charge in [-0.25, -0.2) is 0 Å². The monoisotopic (exact) mass is 298 g/mol. The fourth-order valence-corrected chi connectivity index (χ4v) is 2.49. The Bertz CT molecular complexity index is 422. The molecule has 2 rings (SSSR count). The molecular formula is C15H23ClN2O2. The number of halogens is 1. The van der Waals surface area contributed by atoms with Gasteiger partial charge in [0.05, 0.1) is 12.6 Å². The van der Waals surface area contributed by atoms with Crippen LogP contribution in [0.4, 0.5) is 0 Å². The molecule has 1 aromatic rings. The fraction of sp³-hybridized carbons (Fsp3) is 0.533. The summed E-state index contributed by atoms with van der Waals surface area (Å²) in [7, 11) is 0. The average molecular weight is 299 g/mol. The Morgan fingerprint density at radius 2 is 2.10 bits per heavy atom. The number of benzene rings is 1. The molecule has 1 aromatic carbocycles. The van der Waals surface area contributed by atoms with Crippen LogP contribution in [0, 0.1) is 12.8 Å². The highest BCUT2D eigenvalue weighted by molar-refractivity contribution is 5.85. The standard InChI is InChI=1S/C15H22N2O2.ClH/c1-11-4-6-12(7-5-11)15-13(3-2-8-19-15)10-17-14(18)9-16;/h4-7,13,15H,2-3,8-10,16H2,1H3,(H,17,18);1H. The molecule has 1 aliphatic heterocycles. The Morgan fingerprint density at radius 1 is 1.40 bits per heavy atom. The first kappa shape index (κ1) is 17.0. The Hall–Kier alpha value is -1.10. The van der Waals surface area contributed by atoms with Crippen LogP contribution in [-0.4, -0.2) is 25.6 Å². The molecule has 1 aliphatic rings. The Kier molecular flexibility index (Phi) is 6.99. The van der Waals surface area contributed by atoms with Gasteiger partial charge in [-0.15, -0.1) is 12.4 Å². The van der Waals surface area contributed by atoms with Crippen LogP contribution in [0.3, 0.4) is 0 Å². The number of carbonyl (C=O) groups excluding carboxylic acids is 1. The van der Waals surface area contributed by atoms with Gasteiger partial charge in [0.15, 0.2) is 0 Å². The largest absolute Gasteiger partial charge is 0.373 e. The van der Waals surface area contributed by atoms with Crippen molar-refractivity contribution in [1.82, 2.24) is 5.32 Å². The van der Waals surface area contributed by atoms with Crippen LogP contribution in [0.15, 0.2) is 24.3 Å². The number of hydrogen-bond donors (Lipinski definition) is 2. The smallest absolute Gasteiger partial charge is 0.233 e. The van der Waals surface area contributed by atoms with Crippen LogP contribution < -0.4 is 11.1 Å². The van der Waals surface area contributed by atoms with E-state index in [1.807, 2.05) is 0 Å². The van der Waals surface area contributed by atoms with Crippen molar-refractivity contribution in [3.05, 3.63) is 35.4 Å². The summed E-state index contributed by atoms with van der Waals surface area (Å²) in [5.41, 5.74) is 7.74. The molecule has 20 heavy (non-hydrogen) atoms. The van der Waals surface area contributed by atoms with Gasteiger partial charge in [0.1, 0.15) is 0 Å². The lowest BCUT2D eigenvalue weighted by Crippen LogP contribution is -2.37. The minimum Gasteiger partial charge on any atom is -0.373 e. The second-order valence-electron chi connectivity index (χ2n) is 5.11. The number of aryl methyl sites for hydroxylation is 1. The predicted octanol–water partition coefficient (Wildman–Crippen LogP) is 1.96.